The zero-order valence-corrected chi connectivity index (χ0v) is 11.6. The van der Waals surface area contributed by atoms with Crippen LogP contribution < -0.4 is 10.6 Å². The molecule has 0 spiro atoms. The Balaban J connectivity index is 1.79. The number of carbonyl (C=O) groups is 2. The van der Waals surface area contributed by atoms with E-state index in [1.54, 1.807) is 0 Å². The Hall–Kier alpha value is -1.26. The number of amides is 2. The number of carboxylic acid groups (broad SMARTS) is 1. The fourth-order valence-electron chi connectivity index (χ4n) is 3.09. The standard InChI is InChI=1S/C14H24N2O3/c1-13(6-3-2-4-7-13)16-12(19)15-10-14(11(17)18)8-5-9-14/h2-10H2,1H3,(H,17,18)(H2,15,16,19). The van der Waals surface area contributed by atoms with Gasteiger partial charge in [-0.1, -0.05) is 25.7 Å². The topological polar surface area (TPSA) is 78.4 Å². The van der Waals surface area contributed by atoms with Crippen molar-refractivity contribution in [2.45, 2.75) is 63.8 Å². The third-order valence-electron chi connectivity index (χ3n) is 4.72. The lowest BCUT2D eigenvalue weighted by molar-refractivity contribution is -0.153. The summed E-state index contributed by atoms with van der Waals surface area (Å²) < 4.78 is 0. The predicted octanol–water partition coefficient (Wildman–Crippen LogP) is 2.26. The van der Waals surface area contributed by atoms with Crippen molar-refractivity contribution in [1.82, 2.24) is 10.6 Å². The Morgan fingerprint density at radius 3 is 2.16 bits per heavy atom. The number of carbonyl (C=O) groups excluding carboxylic acids is 1. The average molecular weight is 268 g/mol. The van der Waals surface area contributed by atoms with Crippen LogP contribution in [0.5, 0.6) is 0 Å². The lowest BCUT2D eigenvalue weighted by Gasteiger charge is -2.39. The van der Waals surface area contributed by atoms with Gasteiger partial charge in [-0.15, -0.1) is 0 Å². The quantitative estimate of drug-likeness (QED) is 0.731. The van der Waals surface area contributed by atoms with E-state index in [9.17, 15) is 14.7 Å². The maximum atomic E-state index is 11.9. The van der Waals surface area contributed by atoms with Crippen LogP contribution in [0.2, 0.25) is 0 Å². The van der Waals surface area contributed by atoms with Crippen LogP contribution in [-0.2, 0) is 4.79 Å². The van der Waals surface area contributed by atoms with Crippen LogP contribution in [0.3, 0.4) is 0 Å². The van der Waals surface area contributed by atoms with Gasteiger partial charge in [0, 0.05) is 12.1 Å². The molecular weight excluding hydrogens is 244 g/mol. The Morgan fingerprint density at radius 2 is 1.68 bits per heavy atom. The summed E-state index contributed by atoms with van der Waals surface area (Å²) in [4.78, 5) is 23.1. The smallest absolute Gasteiger partial charge is 0.315 e. The molecule has 2 amide bonds. The number of carboxylic acids is 1. The summed E-state index contributed by atoms with van der Waals surface area (Å²) in [6.07, 6.45) is 7.81. The molecule has 0 aliphatic heterocycles. The van der Waals surface area contributed by atoms with Gasteiger partial charge in [-0.2, -0.15) is 0 Å². The first-order chi connectivity index (χ1) is 8.96. The second-order valence-electron chi connectivity index (χ2n) is 6.37. The van der Waals surface area contributed by atoms with Gasteiger partial charge in [-0.05, 0) is 32.6 Å². The third-order valence-corrected chi connectivity index (χ3v) is 4.72. The fraction of sp³-hybridized carbons (Fsp3) is 0.857. The fourth-order valence-corrected chi connectivity index (χ4v) is 3.09. The minimum atomic E-state index is -0.789. The maximum absolute atomic E-state index is 11.9. The number of urea groups is 1. The summed E-state index contributed by atoms with van der Waals surface area (Å²) in [5.74, 6) is -0.789. The van der Waals surface area contributed by atoms with Crippen molar-refractivity contribution < 1.29 is 14.7 Å². The van der Waals surface area contributed by atoms with Gasteiger partial charge in [0.25, 0.3) is 0 Å². The van der Waals surface area contributed by atoms with E-state index in [2.05, 4.69) is 17.6 Å². The molecule has 0 heterocycles. The Labute approximate surface area is 114 Å². The van der Waals surface area contributed by atoms with Gasteiger partial charge < -0.3 is 15.7 Å². The molecule has 0 aromatic carbocycles. The number of aliphatic carboxylic acids is 1. The minimum Gasteiger partial charge on any atom is -0.481 e. The van der Waals surface area contributed by atoms with Crippen LogP contribution in [0, 0.1) is 5.41 Å². The molecule has 19 heavy (non-hydrogen) atoms. The van der Waals surface area contributed by atoms with Gasteiger partial charge in [0.1, 0.15) is 0 Å². The summed E-state index contributed by atoms with van der Waals surface area (Å²) >= 11 is 0. The van der Waals surface area contributed by atoms with Gasteiger partial charge >= 0.3 is 12.0 Å². The molecular formula is C14H24N2O3. The van der Waals surface area contributed by atoms with E-state index in [0.717, 1.165) is 32.1 Å². The Kier molecular flexibility index (Phi) is 4.02. The summed E-state index contributed by atoms with van der Waals surface area (Å²) in [6, 6.07) is -0.225. The molecule has 2 saturated carbocycles. The molecule has 0 atom stereocenters. The van der Waals surface area contributed by atoms with Crippen molar-refractivity contribution in [3.63, 3.8) is 0 Å². The Bertz CT molecular complexity index is 358. The van der Waals surface area contributed by atoms with Crippen molar-refractivity contribution in [3.05, 3.63) is 0 Å². The first-order valence-corrected chi connectivity index (χ1v) is 7.25. The molecule has 0 saturated heterocycles. The van der Waals surface area contributed by atoms with Crippen molar-refractivity contribution >= 4 is 12.0 Å². The molecule has 5 heteroatoms. The molecule has 2 aliphatic carbocycles. The highest BCUT2D eigenvalue weighted by atomic mass is 16.4. The highest BCUT2D eigenvalue weighted by Crippen LogP contribution is 2.40. The number of hydrogen-bond donors (Lipinski definition) is 3. The van der Waals surface area contributed by atoms with E-state index in [0.29, 0.717) is 12.8 Å². The first-order valence-electron chi connectivity index (χ1n) is 7.25. The highest BCUT2D eigenvalue weighted by Gasteiger charge is 2.44. The lowest BCUT2D eigenvalue weighted by atomic mass is 9.69. The van der Waals surface area contributed by atoms with Crippen LogP contribution >= 0.6 is 0 Å². The lowest BCUT2D eigenvalue weighted by Crippen LogP contribution is -2.55. The van der Waals surface area contributed by atoms with Crippen molar-refractivity contribution in [2.24, 2.45) is 5.41 Å². The van der Waals surface area contributed by atoms with Crippen molar-refractivity contribution in [2.75, 3.05) is 6.54 Å². The second kappa shape index (κ2) is 5.39. The van der Waals surface area contributed by atoms with Crippen LogP contribution in [0.15, 0.2) is 0 Å². The molecule has 2 fully saturated rings. The van der Waals surface area contributed by atoms with Crippen molar-refractivity contribution in [1.29, 1.82) is 0 Å². The summed E-state index contributed by atoms with van der Waals surface area (Å²) in [7, 11) is 0. The molecule has 0 bridgehead atoms. The summed E-state index contributed by atoms with van der Waals surface area (Å²) in [5.41, 5.74) is -0.844. The molecule has 3 N–H and O–H groups in total. The van der Waals surface area contributed by atoms with E-state index < -0.39 is 11.4 Å². The predicted molar refractivity (Wildman–Crippen MR) is 71.9 cm³/mol. The van der Waals surface area contributed by atoms with E-state index in [1.165, 1.54) is 6.42 Å². The maximum Gasteiger partial charge on any atom is 0.315 e. The van der Waals surface area contributed by atoms with Crippen LogP contribution in [0.1, 0.15) is 58.3 Å². The average Bonchev–Trinajstić information content (AvgIpc) is 2.27. The minimum absolute atomic E-state index is 0.127. The van der Waals surface area contributed by atoms with Gasteiger partial charge in [-0.25, -0.2) is 4.79 Å². The van der Waals surface area contributed by atoms with Gasteiger partial charge in [-0.3, -0.25) is 4.79 Å². The molecule has 108 valence electrons. The molecule has 0 aromatic rings. The van der Waals surface area contributed by atoms with Gasteiger partial charge in [0.15, 0.2) is 0 Å². The molecule has 0 radical (unpaired) electrons. The zero-order chi connectivity index (χ0) is 13.9. The van der Waals surface area contributed by atoms with Crippen LogP contribution in [0.4, 0.5) is 4.79 Å². The highest BCUT2D eigenvalue weighted by molar-refractivity contribution is 5.79. The van der Waals surface area contributed by atoms with E-state index in [4.69, 9.17) is 0 Å². The molecule has 0 aromatic heterocycles. The third kappa shape index (κ3) is 3.19. The van der Waals surface area contributed by atoms with E-state index >= 15 is 0 Å². The second-order valence-corrected chi connectivity index (χ2v) is 6.37. The number of rotatable bonds is 4. The zero-order valence-electron chi connectivity index (χ0n) is 11.6. The first kappa shape index (κ1) is 14.2. The molecule has 5 nitrogen and oxygen atoms in total. The van der Waals surface area contributed by atoms with E-state index in [1.807, 2.05) is 0 Å². The molecule has 2 aliphatic rings. The van der Waals surface area contributed by atoms with E-state index in [-0.39, 0.29) is 18.1 Å². The number of nitrogens with one attached hydrogen (secondary N) is 2. The monoisotopic (exact) mass is 268 g/mol. The number of hydrogen-bond acceptors (Lipinski definition) is 2. The van der Waals surface area contributed by atoms with Crippen LogP contribution in [-0.4, -0.2) is 29.2 Å². The largest absolute Gasteiger partial charge is 0.481 e. The normalized spacial score (nSPS) is 24.1. The van der Waals surface area contributed by atoms with Gasteiger partial charge in [0.2, 0.25) is 0 Å². The van der Waals surface area contributed by atoms with Crippen LogP contribution in [0.25, 0.3) is 0 Å². The summed E-state index contributed by atoms with van der Waals surface area (Å²) in [5, 5.41) is 15.0. The SMILES string of the molecule is CC1(NC(=O)NCC2(C(=O)O)CCC2)CCCCC1. The molecule has 2 rings (SSSR count). The molecule has 0 unspecified atom stereocenters. The van der Waals surface area contributed by atoms with Gasteiger partial charge in [0.05, 0.1) is 5.41 Å². The Morgan fingerprint density at radius 1 is 1.05 bits per heavy atom. The summed E-state index contributed by atoms with van der Waals surface area (Å²) in [6.45, 7) is 2.31. The van der Waals surface area contributed by atoms with Crippen molar-refractivity contribution in [3.8, 4) is 0 Å².